The summed E-state index contributed by atoms with van der Waals surface area (Å²) in [6, 6.07) is 5.61. The van der Waals surface area contributed by atoms with Gasteiger partial charge in [-0.15, -0.1) is 5.10 Å². The first-order valence-electron chi connectivity index (χ1n) is 7.52. The van der Waals surface area contributed by atoms with Crippen LogP contribution in [0.2, 0.25) is 10.0 Å². The number of amides is 2. The Morgan fingerprint density at radius 3 is 2.88 bits per heavy atom. The Labute approximate surface area is 157 Å². The quantitative estimate of drug-likeness (QED) is 0.846. The highest BCUT2D eigenvalue weighted by molar-refractivity contribution is 8.15. The van der Waals surface area contributed by atoms with Crippen molar-refractivity contribution < 1.29 is 14.3 Å². The molecule has 1 aliphatic carbocycles. The molecule has 6 nitrogen and oxygen atoms in total. The van der Waals surface area contributed by atoms with Gasteiger partial charge in [0.05, 0.1) is 11.2 Å². The molecular weight excluding hydrogens is 385 g/mol. The molecule has 4 rings (SSSR count). The van der Waals surface area contributed by atoms with E-state index in [2.05, 4.69) is 15.5 Å². The Hall–Kier alpha value is -1.83. The molecule has 1 fully saturated rings. The van der Waals surface area contributed by atoms with Crippen LogP contribution in [0.4, 0.5) is 4.79 Å². The predicted octanol–water partition coefficient (Wildman–Crippen LogP) is 3.96. The SMILES string of the molecule is O=C1NC(=O)C(C2CCc3cc(Oc4nncc(Cl)c4Cl)ccc32)S1. The van der Waals surface area contributed by atoms with Gasteiger partial charge in [0, 0.05) is 5.92 Å². The Balaban J connectivity index is 1.58. The van der Waals surface area contributed by atoms with Crippen LogP contribution in [-0.2, 0) is 11.2 Å². The van der Waals surface area contributed by atoms with Gasteiger partial charge in [0.25, 0.3) is 11.1 Å². The van der Waals surface area contributed by atoms with Crippen LogP contribution in [0.5, 0.6) is 11.6 Å². The summed E-state index contributed by atoms with van der Waals surface area (Å²) >= 11 is 13.0. The van der Waals surface area contributed by atoms with Crippen molar-refractivity contribution in [1.29, 1.82) is 0 Å². The Morgan fingerprint density at radius 1 is 1.28 bits per heavy atom. The van der Waals surface area contributed by atoms with E-state index in [0.29, 0.717) is 5.75 Å². The van der Waals surface area contributed by atoms with Crippen LogP contribution in [-0.4, -0.2) is 26.6 Å². The van der Waals surface area contributed by atoms with E-state index in [-0.39, 0.29) is 38.2 Å². The standard InChI is InChI=1S/C16H11Cl2N3O3S/c17-11-6-19-21-15(12(11)18)24-8-2-4-9-7(5-8)1-3-10(9)13-14(22)20-16(23)25-13/h2,4-6,10,13H,1,3H2,(H,20,22,23). The summed E-state index contributed by atoms with van der Waals surface area (Å²) in [4.78, 5) is 23.4. The molecule has 1 aromatic carbocycles. The Kier molecular flexibility index (Phi) is 4.31. The zero-order chi connectivity index (χ0) is 17.6. The number of halogens is 2. The highest BCUT2D eigenvalue weighted by atomic mass is 35.5. The zero-order valence-corrected chi connectivity index (χ0v) is 15.0. The van der Waals surface area contributed by atoms with Crippen molar-refractivity contribution in [3.63, 3.8) is 0 Å². The van der Waals surface area contributed by atoms with Gasteiger partial charge in [0.2, 0.25) is 5.91 Å². The van der Waals surface area contributed by atoms with E-state index in [1.54, 1.807) is 6.07 Å². The lowest BCUT2D eigenvalue weighted by Gasteiger charge is -2.16. The molecule has 128 valence electrons. The molecule has 1 N–H and O–H groups in total. The minimum Gasteiger partial charge on any atom is -0.436 e. The molecule has 1 aliphatic heterocycles. The lowest BCUT2D eigenvalue weighted by atomic mass is 9.97. The molecule has 0 saturated carbocycles. The predicted molar refractivity (Wildman–Crippen MR) is 94.5 cm³/mol. The number of thioether (sulfide) groups is 1. The fourth-order valence-electron chi connectivity index (χ4n) is 3.15. The van der Waals surface area contributed by atoms with Gasteiger partial charge in [-0.2, -0.15) is 5.10 Å². The van der Waals surface area contributed by atoms with Crippen molar-refractivity contribution in [2.24, 2.45) is 0 Å². The molecular formula is C16H11Cl2N3O3S. The number of aryl methyl sites for hydroxylation is 1. The monoisotopic (exact) mass is 395 g/mol. The highest BCUT2D eigenvalue weighted by Crippen LogP contribution is 2.43. The molecule has 2 unspecified atom stereocenters. The fraction of sp³-hybridized carbons (Fsp3) is 0.250. The van der Waals surface area contributed by atoms with E-state index in [1.165, 1.54) is 6.20 Å². The van der Waals surface area contributed by atoms with Crippen molar-refractivity contribution >= 4 is 46.1 Å². The van der Waals surface area contributed by atoms with E-state index in [9.17, 15) is 9.59 Å². The number of hydrogen-bond acceptors (Lipinski definition) is 6. The molecule has 2 heterocycles. The van der Waals surface area contributed by atoms with Gasteiger partial charge < -0.3 is 4.74 Å². The third-order valence-electron chi connectivity index (χ3n) is 4.25. The maximum Gasteiger partial charge on any atom is 0.286 e. The van der Waals surface area contributed by atoms with E-state index >= 15 is 0 Å². The molecule has 2 atom stereocenters. The Morgan fingerprint density at radius 2 is 2.12 bits per heavy atom. The van der Waals surface area contributed by atoms with Crippen molar-refractivity contribution in [1.82, 2.24) is 15.5 Å². The van der Waals surface area contributed by atoms with Crippen molar-refractivity contribution in [2.75, 3.05) is 0 Å². The third kappa shape index (κ3) is 3.07. The molecule has 25 heavy (non-hydrogen) atoms. The molecule has 0 bridgehead atoms. The van der Waals surface area contributed by atoms with Crippen LogP contribution in [0, 0.1) is 0 Å². The molecule has 0 spiro atoms. The number of fused-ring (bicyclic) bond motifs is 1. The number of carbonyl (C=O) groups is 2. The van der Waals surface area contributed by atoms with E-state index in [1.807, 2.05) is 12.1 Å². The summed E-state index contributed by atoms with van der Waals surface area (Å²) in [5, 5.41) is 9.73. The second-order valence-corrected chi connectivity index (χ2v) is 7.63. The number of nitrogens with one attached hydrogen (secondary N) is 1. The number of aromatic nitrogens is 2. The number of imide groups is 1. The average molecular weight is 396 g/mol. The first kappa shape index (κ1) is 16.6. The van der Waals surface area contributed by atoms with Crippen LogP contribution in [0.3, 0.4) is 0 Å². The van der Waals surface area contributed by atoms with Crippen LogP contribution in [0.1, 0.15) is 23.5 Å². The first-order chi connectivity index (χ1) is 12.0. The van der Waals surface area contributed by atoms with Gasteiger partial charge in [-0.3, -0.25) is 14.9 Å². The number of carbonyl (C=O) groups excluding carboxylic acids is 2. The summed E-state index contributed by atoms with van der Waals surface area (Å²) in [7, 11) is 0. The maximum atomic E-state index is 11.9. The van der Waals surface area contributed by atoms with E-state index in [0.717, 1.165) is 35.7 Å². The first-order valence-corrected chi connectivity index (χ1v) is 9.15. The number of hydrogen-bond donors (Lipinski definition) is 1. The van der Waals surface area contributed by atoms with Crippen LogP contribution < -0.4 is 10.1 Å². The number of rotatable bonds is 3. The van der Waals surface area contributed by atoms with Gasteiger partial charge in [0.1, 0.15) is 16.0 Å². The van der Waals surface area contributed by atoms with Gasteiger partial charge in [-0.25, -0.2) is 0 Å². The third-order valence-corrected chi connectivity index (χ3v) is 6.11. The summed E-state index contributed by atoms with van der Waals surface area (Å²) in [5.74, 6) is 0.515. The van der Waals surface area contributed by atoms with Gasteiger partial charge in [-0.1, -0.05) is 41.0 Å². The molecule has 1 aromatic heterocycles. The summed E-state index contributed by atoms with van der Waals surface area (Å²) in [6.07, 6.45) is 2.97. The van der Waals surface area contributed by atoms with Crippen LogP contribution in [0.15, 0.2) is 24.4 Å². The lowest BCUT2D eigenvalue weighted by Crippen LogP contribution is -2.27. The second-order valence-electron chi connectivity index (χ2n) is 5.73. The molecule has 2 aliphatic rings. The van der Waals surface area contributed by atoms with Crippen molar-refractivity contribution in [2.45, 2.75) is 24.0 Å². The summed E-state index contributed by atoms with van der Waals surface area (Å²) in [6.45, 7) is 0. The fourth-order valence-corrected chi connectivity index (χ4v) is 4.40. The summed E-state index contributed by atoms with van der Waals surface area (Å²) in [5.41, 5.74) is 2.15. The lowest BCUT2D eigenvalue weighted by molar-refractivity contribution is -0.119. The topological polar surface area (TPSA) is 81.2 Å². The van der Waals surface area contributed by atoms with Gasteiger partial charge in [0.15, 0.2) is 0 Å². The minimum absolute atomic E-state index is 0.0232. The van der Waals surface area contributed by atoms with E-state index < -0.39 is 0 Å². The second kappa shape index (κ2) is 6.48. The highest BCUT2D eigenvalue weighted by Gasteiger charge is 2.41. The molecule has 2 aromatic rings. The van der Waals surface area contributed by atoms with Gasteiger partial charge in [-0.05, 0) is 36.1 Å². The number of benzene rings is 1. The average Bonchev–Trinajstić information content (AvgIpc) is 3.14. The minimum atomic E-state index is -0.367. The van der Waals surface area contributed by atoms with E-state index in [4.69, 9.17) is 27.9 Å². The number of nitrogens with zero attached hydrogens (tertiary/aromatic N) is 2. The normalized spacial score (nSPS) is 22.0. The zero-order valence-electron chi connectivity index (χ0n) is 12.7. The largest absolute Gasteiger partial charge is 0.436 e. The van der Waals surface area contributed by atoms with Crippen LogP contribution >= 0.6 is 35.0 Å². The molecule has 0 radical (unpaired) electrons. The van der Waals surface area contributed by atoms with Gasteiger partial charge >= 0.3 is 0 Å². The number of ether oxygens (including phenoxy) is 1. The van der Waals surface area contributed by atoms with Crippen molar-refractivity contribution in [3.8, 4) is 11.6 Å². The smallest absolute Gasteiger partial charge is 0.286 e. The van der Waals surface area contributed by atoms with Crippen LogP contribution in [0.25, 0.3) is 0 Å². The summed E-state index contributed by atoms with van der Waals surface area (Å²) < 4.78 is 5.69. The Bertz CT molecular complexity index is 893. The maximum absolute atomic E-state index is 11.9. The molecule has 1 saturated heterocycles. The molecule has 9 heteroatoms. The molecule has 2 amide bonds. The van der Waals surface area contributed by atoms with Crippen molar-refractivity contribution in [3.05, 3.63) is 45.6 Å².